The molecule has 0 amide bonds. The van der Waals surface area contributed by atoms with Gasteiger partial charge in [-0.1, -0.05) is 78.0 Å². The zero-order valence-corrected chi connectivity index (χ0v) is 17.7. The summed E-state index contributed by atoms with van der Waals surface area (Å²) in [7, 11) is 0. The average molecular weight is 360 g/mol. The second-order valence-electron chi connectivity index (χ2n) is 7.92. The SMILES string of the molecule is C=CCc1cc(CCCCCCCC(C)C)cc(CN(CC)CC)c1O. The van der Waals surface area contributed by atoms with Gasteiger partial charge >= 0.3 is 0 Å². The van der Waals surface area contributed by atoms with E-state index >= 15 is 0 Å². The van der Waals surface area contributed by atoms with Crippen molar-refractivity contribution in [1.82, 2.24) is 4.90 Å². The number of hydrogen-bond donors (Lipinski definition) is 1. The fraction of sp³-hybridized carbons (Fsp3) is 0.667. The van der Waals surface area contributed by atoms with E-state index in [1.54, 1.807) is 0 Å². The predicted molar refractivity (Wildman–Crippen MR) is 115 cm³/mol. The highest BCUT2D eigenvalue weighted by atomic mass is 16.3. The van der Waals surface area contributed by atoms with Crippen molar-refractivity contribution in [3.8, 4) is 5.75 Å². The molecule has 2 nitrogen and oxygen atoms in total. The molecule has 0 aliphatic rings. The summed E-state index contributed by atoms with van der Waals surface area (Å²) in [5.74, 6) is 1.30. The van der Waals surface area contributed by atoms with E-state index in [4.69, 9.17) is 0 Å². The van der Waals surface area contributed by atoms with E-state index in [0.717, 1.165) is 49.5 Å². The molecule has 26 heavy (non-hydrogen) atoms. The van der Waals surface area contributed by atoms with Crippen LogP contribution in [0.1, 0.15) is 82.9 Å². The number of aryl methyl sites for hydroxylation is 1. The second kappa shape index (κ2) is 13.0. The van der Waals surface area contributed by atoms with Crippen LogP contribution in [0.2, 0.25) is 0 Å². The molecular weight excluding hydrogens is 318 g/mol. The van der Waals surface area contributed by atoms with Gasteiger partial charge in [0, 0.05) is 12.1 Å². The lowest BCUT2D eigenvalue weighted by atomic mass is 9.97. The van der Waals surface area contributed by atoms with Crippen LogP contribution in [0.25, 0.3) is 0 Å². The zero-order chi connectivity index (χ0) is 19.4. The Kier molecular flexibility index (Phi) is 11.4. The molecule has 0 spiro atoms. The molecule has 0 fully saturated rings. The molecule has 0 unspecified atom stereocenters. The van der Waals surface area contributed by atoms with Crippen LogP contribution >= 0.6 is 0 Å². The fourth-order valence-corrected chi connectivity index (χ4v) is 3.51. The van der Waals surface area contributed by atoms with E-state index in [-0.39, 0.29) is 0 Å². The summed E-state index contributed by atoms with van der Waals surface area (Å²) in [6, 6.07) is 4.40. The van der Waals surface area contributed by atoms with Crippen LogP contribution < -0.4 is 0 Å². The number of rotatable bonds is 14. The third-order valence-electron chi connectivity index (χ3n) is 5.23. The van der Waals surface area contributed by atoms with Crippen molar-refractivity contribution in [3.05, 3.63) is 41.5 Å². The summed E-state index contributed by atoms with van der Waals surface area (Å²) in [5.41, 5.74) is 3.46. The maximum absolute atomic E-state index is 10.6. The summed E-state index contributed by atoms with van der Waals surface area (Å²) in [6.07, 6.45) is 11.7. The lowest BCUT2D eigenvalue weighted by molar-refractivity contribution is 0.290. The molecular formula is C24H41NO. The van der Waals surface area contributed by atoms with Crippen LogP contribution in [0.5, 0.6) is 5.75 Å². The molecule has 1 aromatic carbocycles. The fourth-order valence-electron chi connectivity index (χ4n) is 3.51. The molecule has 0 aromatic heterocycles. The first-order chi connectivity index (χ1) is 12.5. The standard InChI is InChI=1S/C24H41NO/c1-6-14-22-17-21(16-13-11-9-10-12-15-20(4)5)18-23(24(22)26)19-25(7-2)8-3/h6,17-18,20,26H,1,7-16,19H2,2-5H3. The van der Waals surface area contributed by atoms with Gasteiger partial charge in [-0.3, -0.25) is 4.90 Å². The first-order valence-electron chi connectivity index (χ1n) is 10.7. The first kappa shape index (κ1) is 22.8. The van der Waals surface area contributed by atoms with Crippen molar-refractivity contribution in [2.24, 2.45) is 5.92 Å². The van der Waals surface area contributed by atoms with E-state index in [1.165, 1.54) is 44.1 Å². The Balaban J connectivity index is 2.63. The van der Waals surface area contributed by atoms with Gasteiger partial charge in [-0.05, 0) is 49.4 Å². The second-order valence-corrected chi connectivity index (χ2v) is 7.92. The Morgan fingerprint density at radius 2 is 1.62 bits per heavy atom. The summed E-state index contributed by atoms with van der Waals surface area (Å²) < 4.78 is 0. The number of unbranched alkanes of at least 4 members (excludes halogenated alkanes) is 4. The first-order valence-corrected chi connectivity index (χ1v) is 10.7. The highest BCUT2D eigenvalue weighted by molar-refractivity contribution is 5.44. The zero-order valence-electron chi connectivity index (χ0n) is 17.7. The summed E-state index contributed by atoms with van der Waals surface area (Å²) in [4.78, 5) is 2.35. The van der Waals surface area contributed by atoms with Gasteiger partial charge < -0.3 is 5.11 Å². The minimum Gasteiger partial charge on any atom is -0.507 e. The van der Waals surface area contributed by atoms with Crippen molar-refractivity contribution in [3.63, 3.8) is 0 Å². The Morgan fingerprint density at radius 3 is 2.23 bits per heavy atom. The number of nitrogens with zero attached hydrogens (tertiary/aromatic N) is 1. The minimum atomic E-state index is 0.467. The van der Waals surface area contributed by atoms with Crippen molar-refractivity contribution >= 4 is 0 Å². The number of phenolic OH excluding ortho intramolecular Hbond substituents is 1. The topological polar surface area (TPSA) is 23.5 Å². The summed E-state index contributed by atoms with van der Waals surface area (Å²) in [6.45, 7) is 15.6. The van der Waals surface area contributed by atoms with Crippen LogP contribution in [-0.2, 0) is 19.4 Å². The summed E-state index contributed by atoms with van der Waals surface area (Å²) >= 11 is 0. The third-order valence-corrected chi connectivity index (χ3v) is 5.23. The Bertz CT molecular complexity index is 517. The van der Waals surface area contributed by atoms with Gasteiger partial charge in [-0.25, -0.2) is 0 Å². The van der Waals surface area contributed by atoms with Crippen LogP contribution in [-0.4, -0.2) is 23.1 Å². The lowest BCUT2D eigenvalue weighted by Gasteiger charge is -2.20. The Hall–Kier alpha value is -1.28. The minimum absolute atomic E-state index is 0.467. The van der Waals surface area contributed by atoms with E-state index in [9.17, 15) is 5.11 Å². The van der Waals surface area contributed by atoms with Crippen LogP contribution in [0, 0.1) is 5.92 Å². The third kappa shape index (κ3) is 8.40. The highest BCUT2D eigenvalue weighted by Crippen LogP contribution is 2.28. The Morgan fingerprint density at radius 1 is 1.00 bits per heavy atom. The smallest absolute Gasteiger partial charge is 0.123 e. The molecule has 0 radical (unpaired) electrons. The van der Waals surface area contributed by atoms with Crippen LogP contribution in [0.4, 0.5) is 0 Å². The highest BCUT2D eigenvalue weighted by Gasteiger charge is 2.12. The van der Waals surface area contributed by atoms with Crippen molar-refractivity contribution in [2.75, 3.05) is 13.1 Å². The maximum atomic E-state index is 10.6. The number of phenols is 1. The van der Waals surface area contributed by atoms with Gasteiger partial charge in [0.05, 0.1) is 0 Å². The van der Waals surface area contributed by atoms with Crippen LogP contribution in [0.3, 0.4) is 0 Å². The van der Waals surface area contributed by atoms with Gasteiger partial charge in [0.15, 0.2) is 0 Å². The molecule has 2 heteroatoms. The molecule has 1 N–H and O–H groups in total. The van der Waals surface area contributed by atoms with Gasteiger partial charge in [-0.15, -0.1) is 6.58 Å². The van der Waals surface area contributed by atoms with Crippen molar-refractivity contribution < 1.29 is 5.11 Å². The van der Waals surface area contributed by atoms with Gasteiger partial charge in [0.25, 0.3) is 0 Å². The summed E-state index contributed by atoms with van der Waals surface area (Å²) in [5, 5.41) is 10.6. The Labute approximate surface area is 162 Å². The lowest BCUT2D eigenvalue weighted by Crippen LogP contribution is -2.22. The van der Waals surface area contributed by atoms with Crippen molar-refractivity contribution in [2.45, 2.75) is 85.6 Å². The normalized spacial score (nSPS) is 11.5. The number of benzene rings is 1. The molecule has 0 bridgehead atoms. The van der Waals surface area contributed by atoms with E-state index < -0.39 is 0 Å². The molecule has 0 saturated heterocycles. The number of hydrogen-bond acceptors (Lipinski definition) is 2. The number of allylic oxidation sites excluding steroid dienone is 1. The quantitative estimate of drug-likeness (QED) is 0.303. The average Bonchev–Trinajstić information content (AvgIpc) is 2.62. The van der Waals surface area contributed by atoms with E-state index in [0.29, 0.717) is 5.75 Å². The maximum Gasteiger partial charge on any atom is 0.123 e. The van der Waals surface area contributed by atoms with E-state index in [2.05, 4.69) is 51.3 Å². The van der Waals surface area contributed by atoms with Gasteiger partial charge in [0.2, 0.25) is 0 Å². The molecule has 0 aliphatic heterocycles. The molecule has 1 aromatic rings. The van der Waals surface area contributed by atoms with Gasteiger partial charge in [0.1, 0.15) is 5.75 Å². The van der Waals surface area contributed by atoms with Crippen molar-refractivity contribution in [1.29, 1.82) is 0 Å². The molecule has 0 saturated carbocycles. The molecule has 0 aliphatic carbocycles. The predicted octanol–water partition coefficient (Wildman–Crippen LogP) is 6.50. The van der Waals surface area contributed by atoms with Gasteiger partial charge in [-0.2, -0.15) is 0 Å². The molecule has 0 heterocycles. The van der Waals surface area contributed by atoms with Crippen LogP contribution in [0.15, 0.2) is 24.8 Å². The molecule has 148 valence electrons. The largest absolute Gasteiger partial charge is 0.507 e. The molecule has 1 rings (SSSR count). The molecule has 0 atom stereocenters. The van der Waals surface area contributed by atoms with E-state index in [1.807, 2.05) is 6.08 Å². The number of aromatic hydroxyl groups is 1. The monoisotopic (exact) mass is 359 g/mol.